The van der Waals surface area contributed by atoms with Crippen LogP contribution < -0.4 is 10.2 Å². The molecule has 2 aliphatic rings. The lowest BCUT2D eigenvalue weighted by atomic mass is 10.0. The first kappa shape index (κ1) is 19.9. The van der Waals surface area contributed by atoms with Crippen LogP contribution >= 0.6 is 0 Å². The van der Waals surface area contributed by atoms with Crippen LogP contribution in [0.15, 0.2) is 48.7 Å². The lowest BCUT2D eigenvalue weighted by Gasteiger charge is -2.37. The number of hydrogen-bond donors (Lipinski definition) is 1. The molecule has 2 saturated heterocycles. The molecule has 2 aliphatic heterocycles. The first-order valence-electron chi connectivity index (χ1n) is 10.8. The topological polar surface area (TPSA) is 51.7 Å². The van der Waals surface area contributed by atoms with Crippen LogP contribution in [-0.2, 0) is 0 Å². The van der Waals surface area contributed by atoms with Gasteiger partial charge < -0.3 is 15.1 Å². The number of benzene rings is 1. The summed E-state index contributed by atoms with van der Waals surface area (Å²) in [4.78, 5) is 24.6. The van der Waals surface area contributed by atoms with E-state index in [1.807, 2.05) is 23.1 Å². The predicted molar refractivity (Wildman–Crippen MR) is 116 cm³/mol. The van der Waals surface area contributed by atoms with Gasteiger partial charge in [0.25, 0.3) is 5.91 Å². The number of carbonyl (C=O) groups excluding carboxylic acids is 1. The minimum atomic E-state index is 0.110. The van der Waals surface area contributed by atoms with Crippen molar-refractivity contribution in [1.29, 1.82) is 0 Å². The Kier molecular flexibility index (Phi) is 6.42. The Morgan fingerprint density at radius 3 is 2.62 bits per heavy atom. The van der Waals surface area contributed by atoms with Crippen molar-refractivity contribution >= 4 is 11.7 Å². The number of anilines is 1. The molecule has 0 radical (unpaired) electrons. The van der Waals surface area contributed by atoms with Crippen LogP contribution in [0.3, 0.4) is 0 Å². The number of rotatable bonds is 5. The summed E-state index contributed by atoms with van der Waals surface area (Å²) >= 11 is 0. The predicted octanol–water partition coefficient (Wildman–Crippen LogP) is 2.40. The van der Waals surface area contributed by atoms with E-state index in [2.05, 4.69) is 51.3 Å². The maximum atomic E-state index is 13.3. The van der Waals surface area contributed by atoms with E-state index in [1.165, 1.54) is 5.56 Å². The number of amides is 1. The number of carbonyl (C=O) groups is 1. The first-order valence-corrected chi connectivity index (χ1v) is 10.8. The maximum absolute atomic E-state index is 13.3. The molecule has 0 saturated carbocycles. The van der Waals surface area contributed by atoms with Crippen molar-refractivity contribution in [2.75, 3.05) is 57.3 Å². The summed E-state index contributed by atoms with van der Waals surface area (Å²) in [5.74, 6) is 0.926. The second-order valence-corrected chi connectivity index (χ2v) is 7.87. The normalized spacial score (nSPS) is 20.7. The van der Waals surface area contributed by atoms with Crippen molar-refractivity contribution in [1.82, 2.24) is 20.1 Å². The Morgan fingerprint density at radius 2 is 1.86 bits per heavy atom. The van der Waals surface area contributed by atoms with Crippen molar-refractivity contribution < 1.29 is 4.79 Å². The van der Waals surface area contributed by atoms with Gasteiger partial charge in [0, 0.05) is 58.1 Å². The molecule has 2 fully saturated rings. The fourth-order valence-electron chi connectivity index (χ4n) is 4.33. The molecule has 6 nitrogen and oxygen atoms in total. The number of nitrogens with one attached hydrogen (secondary N) is 1. The van der Waals surface area contributed by atoms with E-state index in [4.69, 9.17) is 0 Å². The lowest BCUT2D eigenvalue weighted by molar-refractivity contribution is 0.0637. The molecule has 0 spiro atoms. The van der Waals surface area contributed by atoms with E-state index in [0.29, 0.717) is 0 Å². The highest BCUT2D eigenvalue weighted by Crippen LogP contribution is 2.25. The van der Waals surface area contributed by atoms with E-state index >= 15 is 0 Å². The molecule has 1 aromatic carbocycles. The van der Waals surface area contributed by atoms with Crippen molar-refractivity contribution in [3.05, 3.63) is 59.8 Å². The van der Waals surface area contributed by atoms with E-state index in [0.717, 1.165) is 70.2 Å². The number of aromatic nitrogens is 1. The summed E-state index contributed by atoms with van der Waals surface area (Å²) in [6, 6.07) is 14.5. The largest absolute Gasteiger partial charge is 0.353 e. The van der Waals surface area contributed by atoms with Crippen molar-refractivity contribution in [3.8, 4) is 0 Å². The molecule has 29 heavy (non-hydrogen) atoms. The molecule has 1 aromatic heterocycles. The molecule has 6 heteroatoms. The zero-order chi connectivity index (χ0) is 20.1. The first-order chi connectivity index (χ1) is 14.3. The van der Waals surface area contributed by atoms with Gasteiger partial charge in [0.1, 0.15) is 5.82 Å². The highest BCUT2D eigenvalue weighted by Gasteiger charge is 2.28. The van der Waals surface area contributed by atoms with Crippen molar-refractivity contribution in [2.45, 2.75) is 19.4 Å². The summed E-state index contributed by atoms with van der Waals surface area (Å²) in [5.41, 5.74) is 2.00. The molecule has 0 aliphatic carbocycles. The molecule has 1 unspecified atom stereocenters. The van der Waals surface area contributed by atoms with Crippen molar-refractivity contribution in [2.24, 2.45) is 0 Å². The molecule has 0 bridgehead atoms. The van der Waals surface area contributed by atoms with Crippen LogP contribution in [0, 0.1) is 0 Å². The van der Waals surface area contributed by atoms with Crippen LogP contribution in [0.25, 0.3) is 0 Å². The minimum absolute atomic E-state index is 0.110. The van der Waals surface area contributed by atoms with E-state index in [1.54, 1.807) is 6.20 Å². The van der Waals surface area contributed by atoms with Crippen LogP contribution in [0.5, 0.6) is 0 Å². The van der Waals surface area contributed by atoms with Crippen LogP contribution in [0.4, 0.5) is 5.82 Å². The van der Waals surface area contributed by atoms with E-state index in [-0.39, 0.29) is 11.9 Å². The number of nitrogens with zero attached hydrogens (tertiary/aromatic N) is 4. The second kappa shape index (κ2) is 9.37. The van der Waals surface area contributed by atoms with Crippen molar-refractivity contribution in [3.63, 3.8) is 0 Å². The summed E-state index contributed by atoms with van der Waals surface area (Å²) in [5, 5.41) is 3.59. The molecule has 154 valence electrons. The Bertz CT molecular complexity index is 804. The second-order valence-electron chi connectivity index (χ2n) is 7.87. The fourth-order valence-corrected chi connectivity index (χ4v) is 4.33. The third-order valence-corrected chi connectivity index (χ3v) is 5.89. The zero-order valence-electron chi connectivity index (χ0n) is 17.3. The summed E-state index contributed by atoms with van der Waals surface area (Å²) < 4.78 is 0. The van der Waals surface area contributed by atoms with Gasteiger partial charge in [-0.3, -0.25) is 9.69 Å². The highest BCUT2D eigenvalue weighted by atomic mass is 16.2. The fraction of sp³-hybridized carbons (Fsp3) is 0.478. The molecule has 1 N–H and O–H groups in total. The summed E-state index contributed by atoms with van der Waals surface area (Å²) in [6.45, 7) is 9.36. The van der Waals surface area contributed by atoms with Gasteiger partial charge in [-0.05, 0) is 30.7 Å². The van der Waals surface area contributed by atoms with Crippen LogP contribution in [0.1, 0.15) is 35.3 Å². The molecular formula is C23H31N5O. The Labute approximate surface area is 173 Å². The third kappa shape index (κ3) is 4.60. The maximum Gasteiger partial charge on any atom is 0.257 e. The van der Waals surface area contributed by atoms with Gasteiger partial charge in [0.15, 0.2) is 0 Å². The van der Waals surface area contributed by atoms with Gasteiger partial charge in [-0.1, -0.05) is 37.3 Å². The number of piperazine rings is 2. The van der Waals surface area contributed by atoms with Gasteiger partial charge in [-0.15, -0.1) is 0 Å². The molecule has 4 rings (SSSR count). The van der Waals surface area contributed by atoms with Gasteiger partial charge in [0.2, 0.25) is 0 Å². The van der Waals surface area contributed by atoms with E-state index < -0.39 is 0 Å². The van der Waals surface area contributed by atoms with Crippen LogP contribution in [0.2, 0.25) is 0 Å². The molecule has 1 atom stereocenters. The Morgan fingerprint density at radius 1 is 1.07 bits per heavy atom. The smallest absolute Gasteiger partial charge is 0.257 e. The third-order valence-electron chi connectivity index (χ3n) is 5.89. The average molecular weight is 394 g/mol. The Balaban J connectivity index is 1.49. The summed E-state index contributed by atoms with van der Waals surface area (Å²) in [6.07, 6.45) is 2.96. The highest BCUT2D eigenvalue weighted by molar-refractivity contribution is 5.99. The zero-order valence-corrected chi connectivity index (χ0v) is 17.3. The SMILES string of the molecule is CCCN1CCN(C(=O)c2cccnc2N2CCNC(c3ccccc3)C2)CC1. The lowest BCUT2D eigenvalue weighted by Crippen LogP contribution is -2.50. The minimum Gasteiger partial charge on any atom is -0.353 e. The number of pyridine rings is 1. The van der Waals surface area contributed by atoms with Gasteiger partial charge in [0.05, 0.1) is 5.56 Å². The Hall–Kier alpha value is -2.44. The standard InChI is InChI=1S/C23H31N5O/c1-2-12-26-14-16-27(17-15-26)23(29)20-9-6-10-25-22(20)28-13-11-24-21(18-28)19-7-4-3-5-8-19/h3-10,21,24H,2,11-18H2,1H3. The molecular weight excluding hydrogens is 362 g/mol. The quantitative estimate of drug-likeness (QED) is 0.845. The van der Waals surface area contributed by atoms with Gasteiger partial charge >= 0.3 is 0 Å². The molecule has 2 aromatic rings. The summed E-state index contributed by atoms with van der Waals surface area (Å²) in [7, 11) is 0. The molecule has 1 amide bonds. The molecule has 3 heterocycles. The monoisotopic (exact) mass is 393 g/mol. The van der Waals surface area contributed by atoms with E-state index in [9.17, 15) is 4.79 Å². The number of hydrogen-bond acceptors (Lipinski definition) is 5. The van der Waals surface area contributed by atoms with Crippen LogP contribution in [-0.4, -0.2) is 73.0 Å². The van der Waals surface area contributed by atoms with Gasteiger partial charge in [-0.2, -0.15) is 0 Å². The van der Waals surface area contributed by atoms with Gasteiger partial charge in [-0.25, -0.2) is 4.98 Å². The average Bonchev–Trinajstić information content (AvgIpc) is 2.80.